The Balaban J connectivity index is 1.39. The highest BCUT2D eigenvalue weighted by Crippen LogP contribution is 2.30. The van der Waals surface area contributed by atoms with Crippen molar-refractivity contribution >= 4 is 21.6 Å². The summed E-state index contributed by atoms with van der Waals surface area (Å²) in [4.78, 5) is 17.2. The number of sulfonamides is 1. The fraction of sp³-hybridized carbons (Fsp3) is 0.708. The van der Waals surface area contributed by atoms with E-state index in [4.69, 9.17) is 4.74 Å². The van der Waals surface area contributed by atoms with Crippen LogP contribution in [-0.4, -0.2) is 69.9 Å². The van der Waals surface area contributed by atoms with Crippen LogP contribution in [0.5, 0.6) is 0 Å². The number of hydrogen-bond acceptors (Lipinski definition) is 5. The molecule has 1 saturated carbocycles. The summed E-state index contributed by atoms with van der Waals surface area (Å²) in [7, 11) is -3.40. The lowest BCUT2D eigenvalue weighted by molar-refractivity contribution is -0.142. The third-order valence-corrected chi connectivity index (χ3v) is 8.00. The van der Waals surface area contributed by atoms with Crippen LogP contribution >= 0.6 is 0 Å². The van der Waals surface area contributed by atoms with Gasteiger partial charge in [-0.05, 0) is 50.7 Å². The Bertz CT molecular complexity index is 914. The van der Waals surface area contributed by atoms with E-state index in [1.54, 1.807) is 12.1 Å². The fourth-order valence-corrected chi connectivity index (χ4v) is 6.39. The maximum Gasteiger partial charge on any atom is 0.226 e. The first-order valence-electron chi connectivity index (χ1n) is 12.2. The zero-order valence-corrected chi connectivity index (χ0v) is 20.2. The third kappa shape index (κ3) is 6.25. The van der Waals surface area contributed by atoms with Gasteiger partial charge in [-0.2, -0.15) is 0 Å². The smallest absolute Gasteiger partial charge is 0.226 e. The van der Waals surface area contributed by atoms with Crippen molar-refractivity contribution in [3.63, 3.8) is 0 Å². The molecule has 184 valence electrons. The maximum atomic E-state index is 14.1. The zero-order valence-electron chi connectivity index (χ0n) is 19.4. The SMILES string of the molecule is CS(=O)(=O)N[C@H]1CCCN(C(=O)C2CCCC2)[C@H]1COC1CCN(c2ccccc2F)CC1. The van der Waals surface area contributed by atoms with Gasteiger partial charge in [-0.25, -0.2) is 17.5 Å². The van der Waals surface area contributed by atoms with Gasteiger partial charge in [0.15, 0.2) is 0 Å². The maximum absolute atomic E-state index is 14.1. The predicted molar refractivity (Wildman–Crippen MR) is 126 cm³/mol. The minimum Gasteiger partial charge on any atom is -0.376 e. The van der Waals surface area contributed by atoms with E-state index in [-0.39, 0.29) is 35.8 Å². The number of carbonyl (C=O) groups is 1. The van der Waals surface area contributed by atoms with Crippen molar-refractivity contribution in [2.45, 2.75) is 69.6 Å². The number of hydrogen-bond donors (Lipinski definition) is 1. The Kier molecular flexibility index (Phi) is 7.91. The lowest BCUT2D eigenvalue weighted by Crippen LogP contribution is -2.60. The summed E-state index contributed by atoms with van der Waals surface area (Å²) in [5, 5.41) is 0. The number of para-hydroxylation sites is 1. The average Bonchev–Trinajstić information content (AvgIpc) is 3.32. The monoisotopic (exact) mass is 481 g/mol. The molecule has 1 aromatic carbocycles. The number of likely N-dealkylation sites (tertiary alicyclic amines) is 1. The minimum atomic E-state index is -3.40. The standard InChI is InChI=1S/C24H36FN3O4S/c1-33(30,31)26-21-10-6-14-28(24(29)18-7-2-3-8-18)23(21)17-32-19-12-15-27(16-13-19)22-11-5-4-9-20(22)25/h4-5,9,11,18-19,21,23,26H,2-3,6-8,10,12-17H2,1H3/t21-,23-/m0/s1. The summed E-state index contributed by atoms with van der Waals surface area (Å²) in [6.07, 6.45) is 8.18. The van der Waals surface area contributed by atoms with Crippen molar-refractivity contribution in [2.75, 3.05) is 37.4 Å². The predicted octanol–water partition coefficient (Wildman–Crippen LogP) is 2.91. The van der Waals surface area contributed by atoms with Crippen LogP contribution in [0.3, 0.4) is 0 Å². The number of rotatable bonds is 7. The molecular weight excluding hydrogens is 445 g/mol. The molecule has 0 unspecified atom stereocenters. The normalized spacial score (nSPS) is 25.5. The quantitative estimate of drug-likeness (QED) is 0.648. The van der Waals surface area contributed by atoms with Gasteiger partial charge in [-0.3, -0.25) is 4.79 Å². The van der Waals surface area contributed by atoms with Gasteiger partial charge in [0.2, 0.25) is 15.9 Å². The molecule has 33 heavy (non-hydrogen) atoms. The van der Waals surface area contributed by atoms with Gasteiger partial charge in [-0.1, -0.05) is 25.0 Å². The molecule has 1 N–H and O–H groups in total. The van der Waals surface area contributed by atoms with Crippen LogP contribution in [0.15, 0.2) is 24.3 Å². The van der Waals surface area contributed by atoms with Crippen molar-refractivity contribution < 1.29 is 22.3 Å². The molecule has 1 aliphatic carbocycles. The number of ether oxygens (including phenoxy) is 1. The molecule has 4 rings (SSSR count). The van der Waals surface area contributed by atoms with Gasteiger partial charge >= 0.3 is 0 Å². The van der Waals surface area contributed by atoms with E-state index in [2.05, 4.69) is 4.72 Å². The van der Waals surface area contributed by atoms with E-state index in [9.17, 15) is 17.6 Å². The van der Waals surface area contributed by atoms with Crippen molar-refractivity contribution in [3.8, 4) is 0 Å². The van der Waals surface area contributed by atoms with E-state index in [0.29, 0.717) is 38.3 Å². The molecule has 0 bridgehead atoms. The van der Waals surface area contributed by atoms with Crippen molar-refractivity contribution in [1.82, 2.24) is 9.62 Å². The van der Waals surface area contributed by atoms with Crippen LogP contribution in [-0.2, 0) is 19.6 Å². The number of piperidine rings is 2. The Morgan fingerprint density at radius 2 is 1.76 bits per heavy atom. The molecule has 2 atom stereocenters. The average molecular weight is 482 g/mol. The van der Waals surface area contributed by atoms with Gasteiger partial charge < -0.3 is 14.5 Å². The molecule has 9 heteroatoms. The van der Waals surface area contributed by atoms with Gasteiger partial charge in [0.1, 0.15) is 5.82 Å². The van der Waals surface area contributed by atoms with Crippen molar-refractivity contribution in [3.05, 3.63) is 30.1 Å². The number of anilines is 1. The summed E-state index contributed by atoms with van der Waals surface area (Å²) in [6.45, 7) is 2.37. The molecular formula is C24H36FN3O4S. The second kappa shape index (κ2) is 10.7. The lowest BCUT2D eigenvalue weighted by atomic mass is 9.94. The number of amides is 1. The first-order valence-corrected chi connectivity index (χ1v) is 14.1. The van der Waals surface area contributed by atoms with Gasteiger partial charge in [-0.15, -0.1) is 0 Å². The van der Waals surface area contributed by atoms with Crippen LogP contribution in [0.2, 0.25) is 0 Å². The summed E-state index contributed by atoms with van der Waals surface area (Å²) >= 11 is 0. The van der Waals surface area contributed by atoms with Crippen LogP contribution in [0.25, 0.3) is 0 Å². The molecule has 1 aromatic rings. The summed E-state index contributed by atoms with van der Waals surface area (Å²) in [5.41, 5.74) is 0.619. The van der Waals surface area contributed by atoms with Crippen LogP contribution < -0.4 is 9.62 Å². The molecule has 0 spiro atoms. The molecule has 0 aromatic heterocycles. The zero-order chi connectivity index (χ0) is 23.4. The number of nitrogens with one attached hydrogen (secondary N) is 1. The molecule has 2 heterocycles. The second-order valence-corrected chi connectivity index (χ2v) is 11.5. The third-order valence-electron chi connectivity index (χ3n) is 7.27. The Morgan fingerprint density at radius 3 is 2.42 bits per heavy atom. The summed E-state index contributed by atoms with van der Waals surface area (Å²) in [5.74, 6) is -0.0150. The number of carbonyl (C=O) groups excluding carboxylic acids is 1. The largest absolute Gasteiger partial charge is 0.376 e. The molecule has 3 fully saturated rings. The fourth-order valence-electron chi connectivity index (χ4n) is 5.56. The van der Waals surface area contributed by atoms with E-state index < -0.39 is 10.0 Å². The highest BCUT2D eigenvalue weighted by molar-refractivity contribution is 7.88. The molecule has 7 nitrogen and oxygen atoms in total. The number of benzene rings is 1. The van der Waals surface area contributed by atoms with Crippen LogP contribution in [0, 0.1) is 11.7 Å². The molecule has 3 aliphatic rings. The number of nitrogens with zero attached hydrogens (tertiary/aromatic N) is 2. The Morgan fingerprint density at radius 1 is 1.06 bits per heavy atom. The van der Waals surface area contributed by atoms with Crippen molar-refractivity contribution in [1.29, 1.82) is 0 Å². The van der Waals surface area contributed by atoms with E-state index >= 15 is 0 Å². The van der Waals surface area contributed by atoms with Crippen LogP contribution in [0.1, 0.15) is 51.4 Å². The van der Waals surface area contributed by atoms with E-state index in [1.165, 1.54) is 12.3 Å². The van der Waals surface area contributed by atoms with Crippen molar-refractivity contribution in [2.24, 2.45) is 5.92 Å². The molecule has 2 saturated heterocycles. The molecule has 2 aliphatic heterocycles. The molecule has 1 amide bonds. The van der Waals surface area contributed by atoms with Gasteiger partial charge in [0.25, 0.3) is 0 Å². The van der Waals surface area contributed by atoms with Gasteiger partial charge in [0.05, 0.1) is 30.7 Å². The first kappa shape index (κ1) is 24.4. The number of halogens is 1. The second-order valence-electron chi connectivity index (χ2n) is 9.69. The topological polar surface area (TPSA) is 79.0 Å². The first-order chi connectivity index (χ1) is 15.8. The van der Waals surface area contributed by atoms with E-state index in [0.717, 1.165) is 44.9 Å². The summed E-state index contributed by atoms with van der Waals surface area (Å²) in [6, 6.07) is 6.18. The van der Waals surface area contributed by atoms with Gasteiger partial charge in [0, 0.05) is 31.6 Å². The Labute approximate surface area is 196 Å². The highest BCUT2D eigenvalue weighted by atomic mass is 32.2. The van der Waals surface area contributed by atoms with E-state index in [1.807, 2.05) is 15.9 Å². The minimum absolute atomic E-state index is 0.0114. The molecule has 0 radical (unpaired) electrons. The van der Waals surface area contributed by atoms with Crippen LogP contribution in [0.4, 0.5) is 10.1 Å². The highest BCUT2D eigenvalue weighted by Gasteiger charge is 2.39. The lowest BCUT2D eigenvalue weighted by Gasteiger charge is -2.43. The summed E-state index contributed by atoms with van der Waals surface area (Å²) < 4.78 is 47.1. The Hall–Kier alpha value is -1.71.